The molecule has 0 aliphatic rings. The van der Waals surface area contributed by atoms with Crippen molar-refractivity contribution in [3.05, 3.63) is 70.9 Å². The van der Waals surface area contributed by atoms with E-state index in [4.69, 9.17) is 9.15 Å². The SMILES string of the molecule is Cc1nn(C)c(F)c1/C=N/NC(=O)c1ccc(COc2ccc(F)cc2)o1. The van der Waals surface area contributed by atoms with Crippen molar-refractivity contribution in [2.24, 2.45) is 12.1 Å². The highest BCUT2D eigenvalue weighted by molar-refractivity contribution is 5.92. The number of amides is 1. The normalized spacial score (nSPS) is 11.1. The van der Waals surface area contributed by atoms with Gasteiger partial charge in [-0.2, -0.15) is 14.6 Å². The van der Waals surface area contributed by atoms with Gasteiger partial charge in [0.15, 0.2) is 5.76 Å². The van der Waals surface area contributed by atoms with E-state index in [2.05, 4.69) is 15.6 Å². The van der Waals surface area contributed by atoms with Gasteiger partial charge in [0.25, 0.3) is 0 Å². The van der Waals surface area contributed by atoms with Crippen LogP contribution in [-0.4, -0.2) is 21.9 Å². The number of hydrazone groups is 1. The van der Waals surface area contributed by atoms with Gasteiger partial charge in [0.05, 0.1) is 17.5 Å². The summed E-state index contributed by atoms with van der Waals surface area (Å²) in [7, 11) is 1.47. The summed E-state index contributed by atoms with van der Waals surface area (Å²) in [5.74, 6) is -0.612. The summed E-state index contributed by atoms with van der Waals surface area (Å²) in [6, 6.07) is 8.57. The Morgan fingerprint density at radius 1 is 1.30 bits per heavy atom. The Labute approximate surface area is 153 Å². The minimum absolute atomic E-state index is 0.0215. The predicted octanol–water partition coefficient (Wildman–Crippen LogP) is 2.94. The average Bonchev–Trinajstić information content (AvgIpc) is 3.21. The Hall–Kier alpha value is -3.49. The second-order valence-electron chi connectivity index (χ2n) is 5.62. The van der Waals surface area contributed by atoms with E-state index in [0.29, 0.717) is 17.2 Å². The molecule has 0 fully saturated rings. The van der Waals surface area contributed by atoms with Gasteiger partial charge in [0.2, 0.25) is 5.95 Å². The van der Waals surface area contributed by atoms with Gasteiger partial charge in [-0.3, -0.25) is 4.79 Å². The maximum atomic E-state index is 13.8. The zero-order valence-electron chi connectivity index (χ0n) is 14.6. The topological polar surface area (TPSA) is 81.7 Å². The number of carbonyl (C=O) groups is 1. The molecular weight excluding hydrogens is 358 g/mol. The third-order valence-corrected chi connectivity index (χ3v) is 3.64. The van der Waals surface area contributed by atoms with Crippen LogP contribution in [0.4, 0.5) is 8.78 Å². The first-order valence-corrected chi connectivity index (χ1v) is 7.93. The monoisotopic (exact) mass is 374 g/mol. The van der Waals surface area contributed by atoms with Crippen LogP contribution in [0.1, 0.15) is 27.6 Å². The summed E-state index contributed by atoms with van der Waals surface area (Å²) in [5, 5.41) is 7.62. The van der Waals surface area contributed by atoms with Crippen molar-refractivity contribution < 1.29 is 22.7 Å². The molecule has 0 saturated carbocycles. The van der Waals surface area contributed by atoms with Gasteiger partial charge < -0.3 is 9.15 Å². The molecule has 1 N–H and O–H groups in total. The minimum atomic E-state index is -0.596. The summed E-state index contributed by atoms with van der Waals surface area (Å²) >= 11 is 0. The highest BCUT2D eigenvalue weighted by Crippen LogP contribution is 2.15. The molecule has 140 valence electrons. The molecule has 0 aliphatic heterocycles. The van der Waals surface area contributed by atoms with Crippen LogP contribution in [0.5, 0.6) is 5.75 Å². The Bertz CT molecular complexity index is 977. The maximum absolute atomic E-state index is 13.8. The molecule has 0 spiro atoms. The molecule has 0 bridgehead atoms. The largest absolute Gasteiger partial charge is 0.486 e. The number of aromatic nitrogens is 2. The Morgan fingerprint density at radius 2 is 2.04 bits per heavy atom. The zero-order chi connectivity index (χ0) is 19.4. The van der Waals surface area contributed by atoms with E-state index in [1.807, 2.05) is 0 Å². The van der Waals surface area contributed by atoms with Gasteiger partial charge in [0.1, 0.15) is 23.9 Å². The molecule has 2 heterocycles. The van der Waals surface area contributed by atoms with E-state index in [-0.39, 0.29) is 23.7 Å². The van der Waals surface area contributed by atoms with Crippen LogP contribution in [-0.2, 0) is 13.7 Å². The molecular formula is C18H16F2N4O3. The lowest BCUT2D eigenvalue weighted by Crippen LogP contribution is -2.17. The lowest BCUT2D eigenvalue weighted by molar-refractivity contribution is 0.0923. The summed E-state index contributed by atoms with van der Waals surface area (Å²) in [6.45, 7) is 1.70. The number of ether oxygens (including phenoxy) is 1. The number of rotatable bonds is 6. The van der Waals surface area contributed by atoms with E-state index in [1.165, 1.54) is 43.6 Å². The van der Waals surface area contributed by atoms with Gasteiger partial charge in [-0.05, 0) is 43.3 Å². The van der Waals surface area contributed by atoms with Gasteiger partial charge >= 0.3 is 5.91 Å². The molecule has 2 aromatic heterocycles. The Morgan fingerprint density at radius 3 is 2.70 bits per heavy atom. The van der Waals surface area contributed by atoms with Crippen LogP contribution in [0.15, 0.2) is 45.9 Å². The Kier molecular flexibility index (Phi) is 5.30. The summed E-state index contributed by atoms with van der Waals surface area (Å²) in [4.78, 5) is 12.0. The molecule has 1 aromatic carbocycles. The minimum Gasteiger partial charge on any atom is -0.486 e. The first-order chi connectivity index (χ1) is 12.9. The first kappa shape index (κ1) is 18.3. The van der Waals surface area contributed by atoms with Crippen LogP contribution in [0.25, 0.3) is 0 Å². The van der Waals surface area contributed by atoms with Crippen LogP contribution < -0.4 is 10.2 Å². The Balaban J connectivity index is 1.56. The van der Waals surface area contributed by atoms with Crippen molar-refractivity contribution in [2.45, 2.75) is 13.5 Å². The molecule has 3 aromatic rings. The lowest BCUT2D eigenvalue weighted by Gasteiger charge is -2.03. The fraction of sp³-hybridized carbons (Fsp3) is 0.167. The number of carbonyl (C=O) groups excluding carboxylic acids is 1. The van der Waals surface area contributed by atoms with Crippen molar-refractivity contribution in [3.8, 4) is 5.75 Å². The number of furan rings is 1. The third-order valence-electron chi connectivity index (χ3n) is 3.64. The van der Waals surface area contributed by atoms with Gasteiger partial charge in [-0.15, -0.1) is 0 Å². The number of hydrogen-bond donors (Lipinski definition) is 1. The van der Waals surface area contributed by atoms with Crippen molar-refractivity contribution in [2.75, 3.05) is 0 Å². The average molecular weight is 374 g/mol. The fourth-order valence-corrected chi connectivity index (χ4v) is 2.27. The van der Waals surface area contributed by atoms with Crippen LogP contribution >= 0.6 is 0 Å². The van der Waals surface area contributed by atoms with Crippen LogP contribution in [0, 0.1) is 18.7 Å². The van der Waals surface area contributed by atoms with Crippen molar-refractivity contribution in [1.82, 2.24) is 15.2 Å². The fourth-order valence-electron chi connectivity index (χ4n) is 2.27. The van der Waals surface area contributed by atoms with Crippen molar-refractivity contribution in [3.63, 3.8) is 0 Å². The quantitative estimate of drug-likeness (QED) is 0.531. The maximum Gasteiger partial charge on any atom is 0.307 e. The van der Waals surface area contributed by atoms with E-state index >= 15 is 0 Å². The summed E-state index contributed by atoms with van der Waals surface area (Å²) < 4.78 is 38.5. The van der Waals surface area contributed by atoms with Gasteiger partial charge in [-0.1, -0.05) is 0 Å². The van der Waals surface area contributed by atoms with Crippen molar-refractivity contribution in [1.29, 1.82) is 0 Å². The smallest absolute Gasteiger partial charge is 0.307 e. The first-order valence-electron chi connectivity index (χ1n) is 7.93. The van der Waals surface area contributed by atoms with Crippen LogP contribution in [0.2, 0.25) is 0 Å². The number of halogens is 2. The molecule has 0 atom stereocenters. The van der Waals surface area contributed by atoms with Gasteiger partial charge in [-0.25, -0.2) is 14.5 Å². The van der Waals surface area contributed by atoms with E-state index in [9.17, 15) is 13.6 Å². The lowest BCUT2D eigenvalue weighted by atomic mass is 10.3. The number of aryl methyl sites for hydroxylation is 2. The number of nitrogens with zero attached hydrogens (tertiary/aromatic N) is 3. The number of hydrogen-bond acceptors (Lipinski definition) is 5. The standard InChI is InChI=1S/C18H16F2N4O3/c1-11-15(17(20)24(2)23-11)9-21-22-18(25)16-8-7-14(27-16)10-26-13-5-3-12(19)4-6-13/h3-9H,10H2,1-2H3,(H,22,25)/b21-9+. The number of nitrogens with one attached hydrogen (secondary N) is 1. The van der Waals surface area contributed by atoms with Crippen molar-refractivity contribution >= 4 is 12.1 Å². The second kappa shape index (κ2) is 7.81. The van der Waals surface area contributed by atoms with Gasteiger partial charge in [0, 0.05) is 7.05 Å². The predicted molar refractivity (Wildman–Crippen MR) is 92.4 cm³/mol. The molecule has 1 amide bonds. The molecule has 9 heteroatoms. The molecule has 27 heavy (non-hydrogen) atoms. The number of benzene rings is 1. The molecule has 3 rings (SSSR count). The van der Waals surface area contributed by atoms with E-state index in [0.717, 1.165) is 4.68 Å². The molecule has 0 saturated heterocycles. The molecule has 0 unspecified atom stereocenters. The second-order valence-corrected chi connectivity index (χ2v) is 5.62. The van der Waals surface area contributed by atoms with E-state index in [1.54, 1.807) is 13.0 Å². The summed E-state index contributed by atoms with van der Waals surface area (Å²) in [5.41, 5.74) is 2.89. The molecule has 0 aliphatic carbocycles. The molecule has 0 radical (unpaired) electrons. The summed E-state index contributed by atoms with van der Waals surface area (Å²) in [6.07, 6.45) is 1.18. The highest BCUT2D eigenvalue weighted by Gasteiger charge is 2.13. The highest BCUT2D eigenvalue weighted by atomic mass is 19.1. The zero-order valence-corrected chi connectivity index (χ0v) is 14.6. The van der Waals surface area contributed by atoms with Crippen LogP contribution in [0.3, 0.4) is 0 Å². The third kappa shape index (κ3) is 4.38. The molecule has 7 nitrogen and oxygen atoms in total. The van der Waals surface area contributed by atoms with E-state index < -0.39 is 11.9 Å².